The van der Waals surface area contributed by atoms with Crippen LogP contribution in [0.1, 0.15) is 24.9 Å². The summed E-state index contributed by atoms with van der Waals surface area (Å²) in [5.74, 6) is -0.242. The summed E-state index contributed by atoms with van der Waals surface area (Å²) in [6, 6.07) is 4.56. The molecule has 0 amide bonds. The average Bonchev–Trinajstić information content (AvgIpc) is 2.03. The molecule has 74 valence electrons. The number of hydrogen-bond donors (Lipinski definition) is 1. The Morgan fingerprint density at radius 2 is 2.15 bits per heavy atom. The molecule has 0 fully saturated rings. The van der Waals surface area contributed by atoms with Crippen molar-refractivity contribution < 1.29 is 4.39 Å². The molecular formula is C9H12BrClFN. The Balaban J connectivity index is 0.00000144. The van der Waals surface area contributed by atoms with E-state index in [0.717, 1.165) is 16.5 Å². The van der Waals surface area contributed by atoms with Crippen LogP contribution in [0.5, 0.6) is 0 Å². The molecule has 0 spiro atoms. The van der Waals surface area contributed by atoms with Gasteiger partial charge in [0, 0.05) is 10.5 Å². The van der Waals surface area contributed by atoms with Crippen molar-refractivity contribution in [1.29, 1.82) is 0 Å². The Morgan fingerprint density at radius 1 is 1.54 bits per heavy atom. The third-order valence-corrected chi connectivity index (χ3v) is 2.49. The van der Waals surface area contributed by atoms with Gasteiger partial charge in [-0.2, -0.15) is 0 Å². The standard InChI is InChI=1S/C9H11BrFN.ClH/c1-2-9(12)7-4-3-6(11)5-8(7)10;/h3-5,9H,2,12H2,1H3;1H/t9-;/m1./s1. The van der Waals surface area contributed by atoms with Crippen LogP contribution in [0.3, 0.4) is 0 Å². The topological polar surface area (TPSA) is 26.0 Å². The van der Waals surface area contributed by atoms with Crippen molar-refractivity contribution in [3.8, 4) is 0 Å². The molecule has 1 nitrogen and oxygen atoms in total. The monoisotopic (exact) mass is 267 g/mol. The van der Waals surface area contributed by atoms with Crippen LogP contribution >= 0.6 is 28.3 Å². The predicted octanol–water partition coefficient (Wildman–Crippen LogP) is 3.42. The fourth-order valence-electron chi connectivity index (χ4n) is 1.02. The van der Waals surface area contributed by atoms with Gasteiger partial charge in [0.1, 0.15) is 5.82 Å². The minimum Gasteiger partial charge on any atom is -0.324 e. The number of halogens is 3. The third kappa shape index (κ3) is 3.25. The molecular weight excluding hydrogens is 256 g/mol. The molecule has 0 heterocycles. The highest BCUT2D eigenvalue weighted by atomic mass is 79.9. The number of rotatable bonds is 2. The first-order valence-corrected chi connectivity index (χ1v) is 4.65. The first-order valence-electron chi connectivity index (χ1n) is 3.85. The zero-order valence-electron chi connectivity index (χ0n) is 7.26. The van der Waals surface area contributed by atoms with Crippen LogP contribution in [0.2, 0.25) is 0 Å². The van der Waals surface area contributed by atoms with Gasteiger partial charge >= 0.3 is 0 Å². The second kappa shape index (κ2) is 5.58. The van der Waals surface area contributed by atoms with Crippen LogP contribution in [0.15, 0.2) is 22.7 Å². The summed E-state index contributed by atoms with van der Waals surface area (Å²) < 4.78 is 13.4. The van der Waals surface area contributed by atoms with Crippen LogP contribution in [0.25, 0.3) is 0 Å². The van der Waals surface area contributed by atoms with Gasteiger partial charge in [0.25, 0.3) is 0 Å². The molecule has 0 aliphatic rings. The normalized spacial score (nSPS) is 12.0. The van der Waals surface area contributed by atoms with E-state index in [1.807, 2.05) is 6.92 Å². The first-order chi connectivity index (χ1) is 5.65. The lowest BCUT2D eigenvalue weighted by atomic mass is 10.1. The summed E-state index contributed by atoms with van der Waals surface area (Å²) in [5.41, 5.74) is 6.75. The van der Waals surface area contributed by atoms with Crippen molar-refractivity contribution in [2.75, 3.05) is 0 Å². The van der Waals surface area contributed by atoms with E-state index in [-0.39, 0.29) is 24.3 Å². The predicted molar refractivity (Wildman–Crippen MR) is 58.6 cm³/mol. The first kappa shape index (κ1) is 12.9. The molecule has 0 aliphatic heterocycles. The molecule has 1 aromatic carbocycles. The molecule has 0 aromatic heterocycles. The molecule has 2 N–H and O–H groups in total. The summed E-state index contributed by atoms with van der Waals surface area (Å²) in [7, 11) is 0. The molecule has 13 heavy (non-hydrogen) atoms. The van der Waals surface area contributed by atoms with Crippen molar-refractivity contribution in [3.05, 3.63) is 34.1 Å². The van der Waals surface area contributed by atoms with Gasteiger partial charge in [0.15, 0.2) is 0 Å². The van der Waals surface area contributed by atoms with E-state index < -0.39 is 0 Å². The smallest absolute Gasteiger partial charge is 0.124 e. The fraction of sp³-hybridized carbons (Fsp3) is 0.333. The number of benzene rings is 1. The molecule has 0 saturated carbocycles. The van der Waals surface area contributed by atoms with Crippen molar-refractivity contribution in [2.24, 2.45) is 5.73 Å². The minimum absolute atomic E-state index is 0. The molecule has 0 aliphatic carbocycles. The van der Waals surface area contributed by atoms with Crippen LogP contribution < -0.4 is 5.73 Å². The van der Waals surface area contributed by atoms with Crippen LogP contribution in [0, 0.1) is 5.82 Å². The lowest BCUT2D eigenvalue weighted by molar-refractivity contribution is 0.622. The maximum absolute atomic E-state index is 12.6. The van der Waals surface area contributed by atoms with Crippen LogP contribution in [-0.4, -0.2) is 0 Å². The Labute approximate surface area is 92.1 Å². The van der Waals surface area contributed by atoms with Crippen molar-refractivity contribution in [2.45, 2.75) is 19.4 Å². The van der Waals surface area contributed by atoms with E-state index in [0.29, 0.717) is 0 Å². The van der Waals surface area contributed by atoms with Gasteiger partial charge in [-0.05, 0) is 24.1 Å². The number of nitrogens with two attached hydrogens (primary N) is 1. The molecule has 4 heteroatoms. The second-order valence-electron chi connectivity index (χ2n) is 2.68. The van der Waals surface area contributed by atoms with Crippen molar-refractivity contribution in [1.82, 2.24) is 0 Å². The molecule has 0 bridgehead atoms. The second-order valence-corrected chi connectivity index (χ2v) is 3.53. The Morgan fingerprint density at radius 3 is 2.62 bits per heavy atom. The van der Waals surface area contributed by atoms with E-state index in [9.17, 15) is 4.39 Å². The van der Waals surface area contributed by atoms with E-state index in [1.165, 1.54) is 12.1 Å². The van der Waals surface area contributed by atoms with Gasteiger partial charge in [-0.1, -0.05) is 28.9 Å². The Kier molecular flexibility index (Phi) is 5.53. The van der Waals surface area contributed by atoms with E-state index in [2.05, 4.69) is 15.9 Å². The molecule has 1 aromatic rings. The van der Waals surface area contributed by atoms with Gasteiger partial charge in [-0.3, -0.25) is 0 Å². The maximum atomic E-state index is 12.6. The summed E-state index contributed by atoms with van der Waals surface area (Å²) in [5, 5.41) is 0. The average molecular weight is 269 g/mol. The van der Waals surface area contributed by atoms with Gasteiger partial charge in [0.05, 0.1) is 0 Å². The van der Waals surface area contributed by atoms with Gasteiger partial charge in [-0.15, -0.1) is 12.4 Å². The van der Waals surface area contributed by atoms with Gasteiger partial charge in [-0.25, -0.2) is 4.39 Å². The maximum Gasteiger partial charge on any atom is 0.124 e. The highest BCUT2D eigenvalue weighted by Gasteiger charge is 2.07. The Hall–Kier alpha value is -0.120. The van der Waals surface area contributed by atoms with E-state index >= 15 is 0 Å². The third-order valence-electron chi connectivity index (χ3n) is 1.80. The van der Waals surface area contributed by atoms with Gasteiger partial charge in [0.2, 0.25) is 0 Å². The van der Waals surface area contributed by atoms with Crippen LogP contribution in [-0.2, 0) is 0 Å². The Bertz CT molecular complexity index is 280. The highest BCUT2D eigenvalue weighted by Crippen LogP contribution is 2.24. The highest BCUT2D eigenvalue weighted by molar-refractivity contribution is 9.10. The zero-order valence-corrected chi connectivity index (χ0v) is 9.66. The van der Waals surface area contributed by atoms with Crippen molar-refractivity contribution in [3.63, 3.8) is 0 Å². The molecule has 0 unspecified atom stereocenters. The molecule has 1 rings (SSSR count). The summed E-state index contributed by atoms with van der Waals surface area (Å²) in [6.45, 7) is 2.00. The molecule has 0 radical (unpaired) electrons. The zero-order chi connectivity index (χ0) is 9.14. The summed E-state index contributed by atoms with van der Waals surface area (Å²) in [4.78, 5) is 0. The molecule has 0 saturated heterocycles. The summed E-state index contributed by atoms with van der Waals surface area (Å²) in [6.07, 6.45) is 0.851. The SMILES string of the molecule is CC[C@@H](N)c1ccc(F)cc1Br.Cl. The van der Waals surface area contributed by atoms with Gasteiger partial charge < -0.3 is 5.73 Å². The fourth-order valence-corrected chi connectivity index (χ4v) is 1.67. The van der Waals surface area contributed by atoms with Crippen molar-refractivity contribution >= 4 is 28.3 Å². The van der Waals surface area contributed by atoms with Crippen LogP contribution in [0.4, 0.5) is 4.39 Å². The van der Waals surface area contributed by atoms with E-state index in [4.69, 9.17) is 5.73 Å². The largest absolute Gasteiger partial charge is 0.324 e. The quantitative estimate of drug-likeness (QED) is 0.874. The number of hydrogen-bond acceptors (Lipinski definition) is 1. The molecule has 1 atom stereocenters. The van der Waals surface area contributed by atoms with E-state index in [1.54, 1.807) is 6.07 Å². The lowest BCUT2D eigenvalue weighted by Gasteiger charge is -2.10. The summed E-state index contributed by atoms with van der Waals surface area (Å²) >= 11 is 3.27. The lowest BCUT2D eigenvalue weighted by Crippen LogP contribution is -2.09. The minimum atomic E-state index is -0.242.